The lowest BCUT2D eigenvalue weighted by Crippen LogP contribution is -2.34. The fraction of sp³-hybridized carbons (Fsp3) is 0.231. The molecule has 2 aromatic rings. The molecule has 0 saturated carbocycles. The van der Waals surface area contributed by atoms with E-state index >= 15 is 0 Å². The molecule has 1 heterocycles. The smallest absolute Gasteiger partial charge is 0.272 e. The summed E-state index contributed by atoms with van der Waals surface area (Å²) in [6.45, 7) is 3.22. The van der Waals surface area contributed by atoms with E-state index in [0.29, 0.717) is 8.54 Å². The van der Waals surface area contributed by atoms with Gasteiger partial charge in [-0.3, -0.25) is 4.79 Å². The molecule has 0 N–H and O–H groups in total. The van der Waals surface area contributed by atoms with Crippen molar-refractivity contribution in [2.24, 2.45) is 0 Å². The van der Waals surface area contributed by atoms with E-state index in [2.05, 4.69) is 0 Å². The molecule has 0 unspecified atom stereocenters. The third-order valence-corrected chi connectivity index (χ3v) is 4.75. The Labute approximate surface area is 126 Å². The lowest BCUT2D eigenvalue weighted by Gasteiger charge is -2.05. The molecule has 0 saturated heterocycles. The van der Waals surface area contributed by atoms with Gasteiger partial charge < -0.3 is 0 Å². The van der Waals surface area contributed by atoms with Crippen LogP contribution in [0.2, 0.25) is 0 Å². The maximum atomic E-state index is 12.4. The standard InChI is InChI=1S/C13H13ClN2O4S/c1-9-3-5-11(6-4-9)21(19,20)16-8-7-15(13(16)18)12(17)10(2)14/h3-8,10H,1-2H3/t10-/m1/s1. The van der Waals surface area contributed by atoms with Crippen LogP contribution in [0.3, 0.4) is 0 Å². The monoisotopic (exact) mass is 328 g/mol. The summed E-state index contributed by atoms with van der Waals surface area (Å²) < 4.78 is 26.0. The van der Waals surface area contributed by atoms with Crippen LogP contribution >= 0.6 is 11.6 Å². The van der Waals surface area contributed by atoms with Gasteiger partial charge in [0.1, 0.15) is 5.38 Å². The summed E-state index contributed by atoms with van der Waals surface area (Å²) in [6, 6.07) is 6.06. The van der Waals surface area contributed by atoms with Crippen LogP contribution < -0.4 is 5.69 Å². The third kappa shape index (κ3) is 2.79. The van der Waals surface area contributed by atoms with Gasteiger partial charge in [-0.1, -0.05) is 17.7 Å². The van der Waals surface area contributed by atoms with Gasteiger partial charge in [0.15, 0.2) is 0 Å². The largest absolute Gasteiger partial charge is 0.349 e. The molecule has 1 atom stereocenters. The summed E-state index contributed by atoms with van der Waals surface area (Å²) in [5, 5.41) is -0.930. The first-order valence-corrected chi connectivity index (χ1v) is 7.93. The van der Waals surface area contributed by atoms with Crippen LogP contribution in [0.1, 0.15) is 17.3 Å². The van der Waals surface area contributed by atoms with E-state index in [-0.39, 0.29) is 4.90 Å². The van der Waals surface area contributed by atoms with Crippen molar-refractivity contribution < 1.29 is 13.2 Å². The van der Waals surface area contributed by atoms with E-state index in [9.17, 15) is 18.0 Å². The van der Waals surface area contributed by atoms with Gasteiger partial charge in [-0.15, -0.1) is 11.6 Å². The Hall–Kier alpha value is -1.86. The highest BCUT2D eigenvalue weighted by atomic mass is 35.5. The van der Waals surface area contributed by atoms with E-state index in [1.54, 1.807) is 12.1 Å². The predicted molar refractivity (Wildman–Crippen MR) is 78.4 cm³/mol. The Balaban J connectivity index is 2.55. The van der Waals surface area contributed by atoms with Crippen LogP contribution in [0, 0.1) is 6.92 Å². The Bertz CT molecular complexity index is 832. The minimum Gasteiger partial charge on any atom is -0.272 e. The molecular weight excluding hydrogens is 316 g/mol. The second-order valence-electron chi connectivity index (χ2n) is 4.52. The number of alkyl halides is 1. The van der Waals surface area contributed by atoms with Gasteiger partial charge >= 0.3 is 5.69 Å². The van der Waals surface area contributed by atoms with Crippen molar-refractivity contribution >= 4 is 27.5 Å². The molecule has 112 valence electrons. The van der Waals surface area contributed by atoms with E-state index < -0.39 is 27.0 Å². The lowest BCUT2D eigenvalue weighted by atomic mass is 10.2. The highest BCUT2D eigenvalue weighted by molar-refractivity contribution is 7.90. The summed E-state index contributed by atoms with van der Waals surface area (Å²) in [4.78, 5) is 23.8. The second kappa shape index (κ2) is 5.50. The number of aryl methyl sites for hydroxylation is 1. The number of rotatable bonds is 3. The van der Waals surface area contributed by atoms with E-state index in [1.165, 1.54) is 19.1 Å². The van der Waals surface area contributed by atoms with Crippen molar-refractivity contribution in [3.63, 3.8) is 0 Å². The molecule has 6 nitrogen and oxygen atoms in total. The minimum atomic E-state index is -4.04. The normalized spacial score (nSPS) is 13.1. The number of carbonyl (C=O) groups is 1. The van der Waals surface area contributed by atoms with Gasteiger partial charge in [0.05, 0.1) is 4.90 Å². The van der Waals surface area contributed by atoms with Crippen LogP contribution in [0.15, 0.2) is 46.3 Å². The summed E-state index contributed by atoms with van der Waals surface area (Å²) in [6.07, 6.45) is 2.13. The van der Waals surface area contributed by atoms with Gasteiger partial charge in [0.25, 0.3) is 15.9 Å². The number of hydrogen-bond acceptors (Lipinski definition) is 4. The first-order chi connectivity index (χ1) is 9.75. The van der Waals surface area contributed by atoms with Crippen LogP contribution in [0.25, 0.3) is 0 Å². The van der Waals surface area contributed by atoms with Crippen molar-refractivity contribution in [2.75, 3.05) is 0 Å². The Morgan fingerprint density at radius 3 is 2.29 bits per heavy atom. The average Bonchev–Trinajstić information content (AvgIpc) is 2.80. The van der Waals surface area contributed by atoms with Crippen LogP contribution in [-0.4, -0.2) is 28.2 Å². The number of imidazole rings is 1. The van der Waals surface area contributed by atoms with Crippen molar-refractivity contribution in [1.29, 1.82) is 0 Å². The zero-order valence-corrected chi connectivity index (χ0v) is 12.9. The van der Waals surface area contributed by atoms with Gasteiger partial charge in [0.2, 0.25) is 0 Å². The van der Waals surface area contributed by atoms with Crippen LogP contribution in [-0.2, 0) is 10.0 Å². The molecule has 2 rings (SSSR count). The lowest BCUT2D eigenvalue weighted by molar-refractivity contribution is 0.0908. The molecule has 0 fully saturated rings. The van der Waals surface area contributed by atoms with E-state index in [1.807, 2.05) is 6.92 Å². The molecule has 0 aliphatic heterocycles. The van der Waals surface area contributed by atoms with Crippen molar-refractivity contribution in [2.45, 2.75) is 24.1 Å². The molecule has 8 heteroatoms. The summed E-state index contributed by atoms with van der Waals surface area (Å²) in [5.41, 5.74) is -0.0712. The van der Waals surface area contributed by atoms with Gasteiger partial charge in [-0.25, -0.2) is 17.8 Å². The van der Waals surface area contributed by atoms with E-state index in [4.69, 9.17) is 11.6 Å². The number of halogens is 1. The summed E-state index contributed by atoms with van der Waals surface area (Å²) in [5.74, 6) is -0.681. The molecule has 0 amide bonds. The number of benzene rings is 1. The Morgan fingerprint density at radius 2 is 1.76 bits per heavy atom. The zero-order chi connectivity index (χ0) is 15.8. The fourth-order valence-corrected chi connectivity index (χ4v) is 3.05. The van der Waals surface area contributed by atoms with Gasteiger partial charge in [0, 0.05) is 12.4 Å². The number of hydrogen-bond donors (Lipinski definition) is 0. The summed E-state index contributed by atoms with van der Waals surface area (Å²) in [7, 11) is -4.04. The molecule has 0 spiro atoms. The topological polar surface area (TPSA) is 78.1 Å². The predicted octanol–water partition coefficient (Wildman–Crippen LogP) is 1.46. The quantitative estimate of drug-likeness (QED) is 0.799. The van der Waals surface area contributed by atoms with Crippen molar-refractivity contribution in [3.8, 4) is 0 Å². The maximum Gasteiger partial charge on any atom is 0.349 e. The van der Waals surface area contributed by atoms with Crippen LogP contribution in [0.5, 0.6) is 0 Å². The summed E-state index contributed by atoms with van der Waals surface area (Å²) >= 11 is 5.62. The average molecular weight is 329 g/mol. The molecule has 1 aromatic carbocycles. The number of carbonyl (C=O) groups excluding carboxylic acids is 1. The van der Waals surface area contributed by atoms with Crippen LogP contribution in [0.4, 0.5) is 0 Å². The highest BCUT2D eigenvalue weighted by Gasteiger charge is 2.23. The van der Waals surface area contributed by atoms with Gasteiger partial charge in [-0.05, 0) is 26.0 Å². The molecule has 0 aliphatic carbocycles. The SMILES string of the molecule is Cc1ccc(S(=O)(=O)n2ccn(C(=O)[C@@H](C)Cl)c2=O)cc1. The Kier molecular flexibility index (Phi) is 4.06. The first kappa shape index (κ1) is 15.5. The van der Waals surface area contributed by atoms with E-state index in [0.717, 1.165) is 18.0 Å². The molecule has 0 aliphatic rings. The molecule has 1 aromatic heterocycles. The third-order valence-electron chi connectivity index (χ3n) is 2.90. The second-order valence-corrected chi connectivity index (χ2v) is 6.99. The molecule has 21 heavy (non-hydrogen) atoms. The molecular formula is C13H13ClN2O4S. The molecule has 0 radical (unpaired) electrons. The highest BCUT2D eigenvalue weighted by Crippen LogP contribution is 2.13. The fourth-order valence-electron chi connectivity index (χ4n) is 1.73. The Morgan fingerprint density at radius 1 is 1.19 bits per heavy atom. The van der Waals surface area contributed by atoms with Crippen molar-refractivity contribution in [3.05, 3.63) is 52.7 Å². The van der Waals surface area contributed by atoms with Gasteiger partial charge in [-0.2, -0.15) is 3.97 Å². The minimum absolute atomic E-state index is 0.0284. The number of aromatic nitrogens is 2. The first-order valence-electron chi connectivity index (χ1n) is 6.05. The number of nitrogens with zero attached hydrogens (tertiary/aromatic N) is 2. The zero-order valence-electron chi connectivity index (χ0n) is 11.4. The maximum absolute atomic E-state index is 12.4. The molecule has 0 bridgehead atoms. The van der Waals surface area contributed by atoms with Crippen molar-refractivity contribution in [1.82, 2.24) is 8.54 Å².